The van der Waals surface area contributed by atoms with Crippen molar-refractivity contribution in [1.82, 2.24) is 4.37 Å². The largest absolute Gasteiger partial charge is 0.193 e. The Labute approximate surface area is 84.7 Å². The Hall–Kier alpha value is -0.630. The number of rotatable bonds is 4. The molecule has 1 rings (SSSR count). The molecular weight excluding hydrogens is 178 g/mol. The summed E-state index contributed by atoms with van der Waals surface area (Å²) in [6.45, 7) is 10.5. The maximum absolute atomic E-state index is 4.31. The number of hydrogen-bond donors (Lipinski definition) is 0. The molecule has 0 amide bonds. The molecule has 1 heterocycles. The van der Waals surface area contributed by atoms with Crippen molar-refractivity contribution in [3.63, 3.8) is 0 Å². The molecule has 0 saturated carbocycles. The fourth-order valence-electron chi connectivity index (χ4n) is 1.66. The second-order valence-electron chi connectivity index (χ2n) is 3.95. The van der Waals surface area contributed by atoms with Gasteiger partial charge < -0.3 is 0 Å². The maximum Gasteiger partial charge on any atom is 0.0799 e. The van der Waals surface area contributed by atoms with Gasteiger partial charge >= 0.3 is 0 Å². The van der Waals surface area contributed by atoms with E-state index in [-0.39, 0.29) is 5.41 Å². The number of hydrogen-bond acceptors (Lipinski definition) is 2. The van der Waals surface area contributed by atoms with E-state index in [2.05, 4.69) is 37.1 Å². The monoisotopic (exact) mass is 195 g/mol. The van der Waals surface area contributed by atoms with E-state index in [4.69, 9.17) is 0 Å². The molecular formula is C11H17NS. The summed E-state index contributed by atoms with van der Waals surface area (Å²) in [4.78, 5) is 0. The molecule has 0 unspecified atom stereocenters. The van der Waals surface area contributed by atoms with Crippen molar-refractivity contribution in [3.8, 4) is 0 Å². The predicted octanol–water partition coefficient (Wildman–Crippen LogP) is 3.86. The molecule has 0 fully saturated rings. The Morgan fingerprint density at radius 3 is 2.85 bits per heavy atom. The average molecular weight is 195 g/mol. The second-order valence-corrected chi connectivity index (χ2v) is 4.58. The lowest BCUT2D eigenvalue weighted by atomic mass is 9.81. The number of aromatic nitrogens is 1. The Balaban J connectivity index is 2.98. The van der Waals surface area contributed by atoms with Gasteiger partial charge in [0.25, 0.3) is 0 Å². The zero-order valence-corrected chi connectivity index (χ0v) is 9.45. The summed E-state index contributed by atoms with van der Waals surface area (Å²) in [7, 11) is 0. The van der Waals surface area contributed by atoms with Gasteiger partial charge in [-0.05, 0) is 35.0 Å². The molecule has 0 N–H and O–H groups in total. The van der Waals surface area contributed by atoms with E-state index in [0.29, 0.717) is 0 Å². The minimum Gasteiger partial charge on any atom is -0.193 e. The summed E-state index contributed by atoms with van der Waals surface area (Å²) in [6.07, 6.45) is 4.26. The van der Waals surface area contributed by atoms with Crippen LogP contribution in [0.3, 0.4) is 0 Å². The standard InChI is InChI=1S/C11H17NS/c1-5-7-11(3,4)9-8-13-12-10(9)6-2/h6,8H,2,5,7H2,1,3-4H3. The van der Waals surface area contributed by atoms with Gasteiger partial charge in [-0.2, -0.15) is 4.37 Å². The zero-order valence-electron chi connectivity index (χ0n) is 8.63. The van der Waals surface area contributed by atoms with Crippen molar-refractivity contribution in [1.29, 1.82) is 0 Å². The SMILES string of the molecule is C=Cc1nscc1C(C)(C)CCC. The molecule has 0 aromatic carbocycles. The van der Waals surface area contributed by atoms with Crippen LogP contribution >= 0.6 is 11.5 Å². The molecule has 0 atom stereocenters. The summed E-state index contributed by atoms with van der Waals surface area (Å²) < 4.78 is 4.31. The first-order valence-electron chi connectivity index (χ1n) is 4.69. The maximum atomic E-state index is 4.31. The van der Waals surface area contributed by atoms with E-state index >= 15 is 0 Å². The Bertz CT molecular complexity index is 286. The lowest BCUT2D eigenvalue weighted by Gasteiger charge is -2.23. The van der Waals surface area contributed by atoms with Crippen LogP contribution in [0, 0.1) is 0 Å². The summed E-state index contributed by atoms with van der Waals surface area (Å²) in [5, 5.41) is 2.15. The van der Waals surface area contributed by atoms with Gasteiger partial charge in [-0.1, -0.05) is 33.8 Å². The zero-order chi connectivity index (χ0) is 9.90. The molecule has 13 heavy (non-hydrogen) atoms. The first kappa shape index (κ1) is 10.5. The smallest absolute Gasteiger partial charge is 0.0799 e. The van der Waals surface area contributed by atoms with E-state index in [0.717, 1.165) is 5.69 Å². The quantitative estimate of drug-likeness (QED) is 0.711. The second kappa shape index (κ2) is 4.05. The third-order valence-corrected chi connectivity index (χ3v) is 3.04. The molecule has 0 bridgehead atoms. The molecule has 0 aliphatic carbocycles. The first-order valence-corrected chi connectivity index (χ1v) is 5.52. The lowest BCUT2D eigenvalue weighted by Crippen LogP contribution is -2.16. The van der Waals surface area contributed by atoms with Crippen LogP contribution in [0.2, 0.25) is 0 Å². The van der Waals surface area contributed by atoms with Crippen LogP contribution in [0.25, 0.3) is 6.08 Å². The topological polar surface area (TPSA) is 12.9 Å². The van der Waals surface area contributed by atoms with Crippen LogP contribution in [0.5, 0.6) is 0 Å². The summed E-state index contributed by atoms with van der Waals surface area (Å²) in [6, 6.07) is 0. The molecule has 1 nitrogen and oxygen atoms in total. The highest BCUT2D eigenvalue weighted by molar-refractivity contribution is 7.03. The summed E-state index contributed by atoms with van der Waals surface area (Å²) in [5.41, 5.74) is 2.64. The molecule has 0 radical (unpaired) electrons. The van der Waals surface area contributed by atoms with Gasteiger partial charge in [0, 0.05) is 5.38 Å². The van der Waals surface area contributed by atoms with Gasteiger partial charge in [-0.3, -0.25) is 0 Å². The fraction of sp³-hybridized carbons (Fsp3) is 0.545. The minimum absolute atomic E-state index is 0.241. The minimum atomic E-state index is 0.241. The molecule has 0 aliphatic rings. The highest BCUT2D eigenvalue weighted by Crippen LogP contribution is 2.32. The lowest BCUT2D eigenvalue weighted by molar-refractivity contribution is 0.473. The summed E-state index contributed by atoms with van der Waals surface area (Å²) >= 11 is 1.52. The van der Waals surface area contributed by atoms with E-state index in [1.54, 1.807) is 0 Å². The van der Waals surface area contributed by atoms with Crippen molar-refractivity contribution < 1.29 is 0 Å². The Morgan fingerprint density at radius 1 is 1.62 bits per heavy atom. The van der Waals surface area contributed by atoms with Crippen LogP contribution in [0.15, 0.2) is 12.0 Å². The van der Waals surface area contributed by atoms with Crippen molar-refractivity contribution in [2.45, 2.75) is 39.0 Å². The molecule has 0 spiro atoms. The number of nitrogens with zero attached hydrogens (tertiary/aromatic N) is 1. The highest BCUT2D eigenvalue weighted by atomic mass is 32.1. The van der Waals surface area contributed by atoms with Crippen molar-refractivity contribution in [3.05, 3.63) is 23.2 Å². The molecule has 2 heteroatoms. The molecule has 0 aliphatic heterocycles. The van der Waals surface area contributed by atoms with Crippen LogP contribution in [0.4, 0.5) is 0 Å². The average Bonchev–Trinajstić information content (AvgIpc) is 2.51. The van der Waals surface area contributed by atoms with Crippen LogP contribution in [-0.2, 0) is 5.41 Å². The van der Waals surface area contributed by atoms with E-state index < -0.39 is 0 Å². The summed E-state index contributed by atoms with van der Waals surface area (Å²) in [5.74, 6) is 0. The molecule has 1 aromatic heterocycles. The molecule has 0 saturated heterocycles. The van der Waals surface area contributed by atoms with Crippen LogP contribution < -0.4 is 0 Å². The van der Waals surface area contributed by atoms with Crippen molar-refractivity contribution in [2.24, 2.45) is 0 Å². The predicted molar refractivity (Wildman–Crippen MR) is 60.1 cm³/mol. The van der Waals surface area contributed by atoms with Gasteiger partial charge in [-0.25, -0.2) is 0 Å². The highest BCUT2D eigenvalue weighted by Gasteiger charge is 2.23. The first-order chi connectivity index (χ1) is 6.11. The van der Waals surface area contributed by atoms with Crippen molar-refractivity contribution >= 4 is 17.6 Å². The fourth-order valence-corrected chi connectivity index (χ4v) is 2.54. The normalized spacial score (nSPS) is 11.6. The van der Waals surface area contributed by atoms with Gasteiger partial charge in [0.05, 0.1) is 5.69 Å². The Morgan fingerprint density at radius 2 is 2.31 bits per heavy atom. The van der Waals surface area contributed by atoms with E-state index in [1.165, 1.54) is 29.9 Å². The van der Waals surface area contributed by atoms with Crippen LogP contribution in [0.1, 0.15) is 44.9 Å². The van der Waals surface area contributed by atoms with Gasteiger partial charge in [0.1, 0.15) is 0 Å². The van der Waals surface area contributed by atoms with E-state index in [1.807, 2.05) is 6.08 Å². The third kappa shape index (κ3) is 2.19. The van der Waals surface area contributed by atoms with Crippen LogP contribution in [-0.4, -0.2) is 4.37 Å². The van der Waals surface area contributed by atoms with Gasteiger partial charge in [0.15, 0.2) is 0 Å². The van der Waals surface area contributed by atoms with E-state index in [9.17, 15) is 0 Å². The van der Waals surface area contributed by atoms with Crippen molar-refractivity contribution in [2.75, 3.05) is 0 Å². The molecule has 1 aromatic rings. The third-order valence-electron chi connectivity index (χ3n) is 2.40. The van der Waals surface area contributed by atoms with Gasteiger partial charge in [0.2, 0.25) is 0 Å². The Kier molecular flexibility index (Phi) is 3.26. The molecule has 72 valence electrons. The van der Waals surface area contributed by atoms with Gasteiger partial charge in [-0.15, -0.1) is 0 Å².